The van der Waals surface area contributed by atoms with E-state index in [-0.39, 0.29) is 6.10 Å². The third-order valence-electron chi connectivity index (χ3n) is 4.01. The lowest BCUT2D eigenvalue weighted by atomic mass is 10.0. The van der Waals surface area contributed by atoms with Crippen LogP contribution in [-0.2, 0) is 6.54 Å². The van der Waals surface area contributed by atoms with Gasteiger partial charge in [-0.05, 0) is 29.2 Å². The molecule has 2 aromatic rings. The molecule has 22 heavy (non-hydrogen) atoms. The Kier molecular flexibility index (Phi) is 4.34. The summed E-state index contributed by atoms with van der Waals surface area (Å²) >= 11 is 0. The number of benzene rings is 2. The fraction of sp³-hybridized carbons (Fsp3) is 0.368. The summed E-state index contributed by atoms with van der Waals surface area (Å²) in [6.07, 6.45) is 0.0699. The molecule has 0 spiro atoms. The SMILES string of the molecule is CC(C)CN1CC(c2ccccc2)Oc2cc(CN)ccc21. The van der Waals surface area contributed by atoms with Crippen LogP contribution in [0.1, 0.15) is 31.1 Å². The summed E-state index contributed by atoms with van der Waals surface area (Å²) in [5.74, 6) is 1.56. The zero-order valence-electron chi connectivity index (χ0n) is 13.3. The first-order valence-corrected chi connectivity index (χ1v) is 7.97. The van der Waals surface area contributed by atoms with Crippen molar-refractivity contribution in [2.45, 2.75) is 26.5 Å². The van der Waals surface area contributed by atoms with Gasteiger partial charge in [-0.15, -0.1) is 0 Å². The number of anilines is 1. The van der Waals surface area contributed by atoms with Gasteiger partial charge in [-0.1, -0.05) is 50.2 Å². The molecule has 116 valence electrons. The molecule has 0 aliphatic carbocycles. The van der Waals surface area contributed by atoms with E-state index < -0.39 is 0 Å². The highest BCUT2D eigenvalue weighted by Gasteiger charge is 2.27. The van der Waals surface area contributed by atoms with Crippen LogP contribution in [0.25, 0.3) is 0 Å². The Morgan fingerprint density at radius 2 is 1.95 bits per heavy atom. The van der Waals surface area contributed by atoms with Crippen LogP contribution in [0.3, 0.4) is 0 Å². The molecule has 3 nitrogen and oxygen atoms in total. The summed E-state index contributed by atoms with van der Waals surface area (Å²) in [7, 11) is 0. The largest absolute Gasteiger partial charge is 0.482 e. The van der Waals surface area contributed by atoms with E-state index >= 15 is 0 Å². The molecule has 0 amide bonds. The fourth-order valence-corrected chi connectivity index (χ4v) is 2.98. The number of hydrogen-bond donors (Lipinski definition) is 1. The van der Waals surface area contributed by atoms with Crippen LogP contribution < -0.4 is 15.4 Å². The number of fused-ring (bicyclic) bond motifs is 1. The lowest BCUT2D eigenvalue weighted by Crippen LogP contribution is -2.37. The first-order chi connectivity index (χ1) is 10.7. The van der Waals surface area contributed by atoms with Crippen LogP contribution in [0.2, 0.25) is 0 Å². The molecule has 1 heterocycles. The Morgan fingerprint density at radius 1 is 1.18 bits per heavy atom. The molecular formula is C19H24N2O. The second kappa shape index (κ2) is 6.41. The number of hydrogen-bond acceptors (Lipinski definition) is 3. The summed E-state index contributed by atoms with van der Waals surface area (Å²) in [6, 6.07) is 16.8. The molecule has 3 rings (SSSR count). The molecule has 1 aliphatic heterocycles. The number of ether oxygens (including phenoxy) is 1. The molecule has 0 radical (unpaired) electrons. The zero-order chi connectivity index (χ0) is 15.5. The average Bonchev–Trinajstić information content (AvgIpc) is 2.54. The van der Waals surface area contributed by atoms with Crippen molar-refractivity contribution in [3.8, 4) is 5.75 Å². The van der Waals surface area contributed by atoms with Crippen molar-refractivity contribution in [1.82, 2.24) is 0 Å². The van der Waals surface area contributed by atoms with Gasteiger partial charge in [-0.2, -0.15) is 0 Å². The van der Waals surface area contributed by atoms with Crippen molar-refractivity contribution in [3.05, 3.63) is 59.7 Å². The van der Waals surface area contributed by atoms with E-state index in [4.69, 9.17) is 10.5 Å². The minimum Gasteiger partial charge on any atom is -0.482 e. The van der Waals surface area contributed by atoms with Gasteiger partial charge in [0.25, 0.3) is 0 Å². The van der Waals surface area contributed by atoms with E-state index in [0.29, 0.717) is 12.5 Å². The van der Waals surface area contributed by atoms with Crippen molar-refractivity contribution in [1.29, 1.82) is 0 Å². The minimum atomic E-state index is 0.0699. The molecule has 0 fully saturated rings. The number of rotatable bonds is 4. The highest BCUT2D eigenvalue weighted by molar-refractivity contribution is 5.62. The van der Waals surface area contributed by atoms with Gasteiger partial charge in [-0.3, -0.25) is 0 Å². The summed E-state index contributed by atoms with van der Waals surface area (Å²) < 4.78 is 6.28. The molecule has 2 aromatic carbocycles. The second-order valence-electron chi connectivity index (χ2n) is 6.32. The monoisotopic (exact) mass is 296 g/mol. The highest BCUT2D eigenvalue weighted by Crippen LogP contribution is 2.39. The lowest BCUT2D eigenvalue weighted by Gasteiger charge is -2.37. The molecule has 0 saturated carbocycles. The molecule has 1 atom stereocenters. The first-order valence-electron chi connectivity index (χ1n) is 7.97. The third kappa shape index (κ3) is 3.09. The van der Waals surface area contributed by atoms with Gasteiger partial charge in [0, 0.05) is 13.1 Å². The Hall–Kier alpha value is -2.00. The van der Waals surface area contributed by atoms with E-state index in [1.165, 1.54) is 11.3 Å². The van der Waals surface area contributed by atoms with Gasteiger partial charge in [0.05, 0.1) is 12.2 Å². The molecule has 3 heteroatoms. The van der Waals surface area contributed by atoms with Crippen LogP contribution >= 0.6 is 0 Å². The smallest absolute Gasteiger partial charge is 0.143 e. The molecular weight excluding hydrogens is 272 g/mol. The van der Waals surface area contributed by atoms with Gasteiger partial charge >= 0.3 is 0 Å². The number of nitrogens with zero attached hydrogens (tertiary/aromatic N) is 1. The lowest BCUT2D eigenvalue weighted by molar-refractivity contribution is 0.195. The van der Waals surface area contributed by atoms with Crippen molar-refractivity contribution in [3.63, 3.8) is 0 Å². The summed E-state index contributed by atoms with van der Waals surface area (Å²) in [6.45, 7) is 6.96. The van der Waals surface area contributed by atoms with E-state index in [2.05, 4.69) is 61.2 Å². The normalized spacial score (nSPS) is 17.3. The standard InChI is InChI=1S/C19H24N2O/c1-14(2)12-21-13-19(16-6-4-3-5-7-16)22-18-10-15(11-20)8-9-17(18)21/h3-10,14,19H,11-13,20H2,1-2H3. The van der Waals surface area contributed by atoms with Crippen LogP contribution in [0, 0.1) is 5.92 Å². The van der Waals surface area contributed by atoms with Crippen LogP contribution in [0.15, 0.2) is 48.5 Å². The van der Waals surface area contributed by atoms with Gasteiger partial charge in [-0.25, -0.2) is 0 Å². The Balaban J connectivity index is 1.95. The predicted octanol–water partition coefficient (Wildman–Crippen LogP) is 3.74. The molecule has 0 aromatic heterocycles. The van der Waals surface area contributed by atoms with E-state index in [1.807, 2.05) is 6.07 Å². The van der Waals surface area contributed by atoms with Gasteiger partial charge in [0.1, 0.15) is 11.9 Å². The van der Waals surface area contributed by atoms with Gasteiger partial charge < -0.3 is 15.4 Å². The average molecular weight is 296 g/mol. The molecule has 0 saturated heterocycles. The Morgan fingerprint density at radius 3 is 2.64 bits per heavy atom. The van der Waals surface area contributed by atoms with Crippen molar-refractivity contribution in [2.24, 2.45) is 11.7 Å². The third-order valence-corrected chi connectivity index (χ3v) is 4.01. The molecule has 0 bridgehead atoms. The van der Waals surface area contributed by atoms with E-state index in [0.717, 1.165) is 24.4 Å². The topological polar surface area (TPSA) is 38.5 Å². The summed E-state index contributed by atoms with van der Waals surface area (Å²) in [5.41, 5.74) is 9.28. The highest BCUT2D eigenvalue weighted by atomic mass is 16.5. The molecule has 1 unspecified atom stereocenters. The second-order valence-corrected chi connectivity index (χ2v) is 6.32. The van der Waals surface area contributed by atoms with Crippen molar-refractivity contribution < 1.29 is 4.74 Å². The van der Waals surface area contributed by atoms with Crippen LogP contribution in [0.5, 0.6) is 5.75 Å². The van der Waals surface area contributed by atoms with Crippen molar-refractivity contribution >= 4 is 5.69 Å². The van der Waals surface area contributed by atoms with Gasteiger partial charge in [0.15, 0.2) is 0 Å². The van der Waals surface area contributed by atoms with E-state index in [9.17, 15) is 0 Å². The number of nitrogens with two attached hydrogens (primary N) is 1. The zero-order valence-corrected chi connectivity index (χ0v) is 13.3. The molecule has 2 N–H and O–H groups in total. The summed E-state index contributed by atoms with van der Waals surface area (Å²) in [5, 5.41) is 0. The Bertz CT molecular complexity index is 625. The quantitative estimate of drug-likeness (QED) is 0.934. The maximum absolute atomic E-state index is 6.28. The molecule has 1 aliphatic rings. The predicted molar refractivity (Wildman–Crippen MR) is 91.2 cm³/mol. The van der Waals surface area contributed by atoms with Crippen LogP contribution in [-0.4, -0.2) is 13.1 Å². The fourth-order valence-electron chi connectivity index (χ4n) is 2.98. The van der Waals surface area contributed by atoms with Gasteiger partial charge in [0.2, 0.25) is 0 Å². The maximum atomic E-state index is 6.28. The minimum absolute atomic E-state index is 0.0699. The maximum Gasteiger partial charge on any atom is 0.143 e. The first kappa shape index (κ1) is 14.9. The van der Waals surface area contributed by atoms with E-state index in [1.54, 1.807) is 0 Å². The van der Waals surface area contributed by atoms with Crippen LogP contribution in [0.4, 0.5) is 5.69 Å². The summed E-state index contributed by atoms with van der Waals surface area (Å²) in [4.78, 5) is 2.43. The van der Waals surface area contributed by atoms with Crippen molar-refractivity contribution in [2.75, 3.05) is 18.0 Å². The Labute approximate surface area is 132 Å².